The zero-order valence-corrected chi connectivity index (χ0v) is 20.0. The first-order valence-electron chi connectivity index (χ1n) is 11.2. The van der Waals surface area contributed by atoms with Crippen LogP contribution in [-0.2, 0) is 17.7 Å². The monoisotopic (exact) mass is 483 g/mol. The lowest BCUT2D eigenvalue weighted by Crippen LogP contribution is -2.44. The van der Waals surface area contributed by atoms with Crippen molar-refractivity contribution in [3.8, 4) is 0 Å². The van der Waals surface area contributed by atoms with E-state index in [0.717, 1.165) is 29.9 Å². The molecule has 0 atom stereocenters. The van der Waals surface area contributed by atoms with E-state index in [1.54, 1.807) is 25.6 Å². The molecule has 1 aromatic carbocycles. The normalized spacial score (nSPS) is 11.2. The summed E-state index contributed by atoms with van der Waals surface area (Å²) in [5.74, 6) is 1.24. The van der Waals surface area contributed by atoms with Crippen LogP contribution >= 0.6 is 11.6 Å². The van der Waals surface area contributed by atoms with Crippen LogP contribution in [0.15, 0.2) is 66.2 Å². The highest BCUT2D eigenvalue weighted by Crippen LogP contribution is 2.15. The Morgan fingerprint density at radius 2 is 2.09 bits per heavy atom. The highest BCUT2D eigenvalue weighted by molar-refractivity contribution is 6.30. The summed E-state index contributed by atoms with van der Waals surface area (Å²) in [4.78, 5) is 30.2. The number of aromatic amines is 1. The molecular weight excluding hydrogens is 454 g/mol. The Hall–Kier alpha value is -3.59. The predicted molar refractivity (Wildman–Crippen MR) is 134 cm³/mol. The van der Waals surface area contributed by atoms with E-state index in [9.17, 15) is 4.79 Å². The SMILES string of the molecule is CCOC(=O)NC(=NCCCc1cnc[nH]1)NCCN(Cc1ccc(Cl)cc1)c1ccccn1. The molecule has 0 aliphatic rings. The fourth-order valence-electron chi connectivity index (χ4n) is 3.22. The van der Waals surface area contributed by atoms with Gasteiger partial charge in [0.15, 0.2) is 0 Å². The lowest BCUT2D eigenvalue weighted by molar-refractivity contribution is 0.157. The second-order valence-corrected chi connectivity index (χ2v) is 7.86. The van der Waals surface area contributed by atoms with E-state index >= 15 is 0 Å². The molecule has 2 heterocycles. The summed E-state index contributed by atoms with van der Waals surface area (Å²) < 4.78 is 5.01. The van der Waals surface area contributed by atoms with Crippen molar-refractivity contribution >= 4 is 29.5 Å². The van der Waals surface area contributed by atoms with Gasteiger partial charge in [-0.25, -0.2) is 14.8 Å². The average Bonchev–Trinajstić information content (AvgIpc) is 3.36. The number of nitrogens with one attached hydrogen (secondary N) is 3. The maximum Gasteiger partial charge on any atom is 0.413 e. The number of nitrogens with zero attached hydrogens (tertiary/aromatic N) is 4. The smallest absolute Gasteiger partial charge is 0.413 e. The molecule has 0 fully saturated rings. The van der Waals surface area contributed by atoms with Gasteiger partial charge in [0, 0.05) is 49.3 Å². The number of halogens is 1. The Morgan fingerprint density at radius 3 is 2.79 bits per heavy atom. The number of rotatable bonds is 11. The van der Waals surface area contributed by atoms with Crippen LogP contribution in [0, 0.1) is 0 Å². The number of hydrogen-bond acceptors (Lipinski definition) is 6. The van der Waals surface area contributed by atoms with Crippen LogP contribution < -0.4 is 15.5 Å². The van der Waals surface area contributed by atoms with Crippen LogP contribution in [0.5, 0.6) is 0 Å². The van der Waals surface area contributed by atoms with Crippen LogP contribution in [0.4, 0.5) is 10.6 Å². The number of benzene rings is 1. The fraction of sp³-hybridized carbons (Fsp3) is 0.333. The summed E-state index contributed by atoms with van der Waals surface area (Å²) in [6.45, 7) is 4.43. The number of hydrogen-bond donors (Lipinski definition) is 3. The number of aromatic nitrogens is 3. The minimum absolute atomic E-state index is 0.285. The summed E-state index contributed by atoms with van der Waals surface area (Å²) in [7, 11) is 0. The summed E-state index contributed by atoms with van der Waals surface area (Å²) in [6.07, 6.45) is 6.33. The molecule has 180 valence electrons. The number of anilines is 1. The lowest BCUT2D eigenvalue weighted by atomic mass is 10.2. The highest BCUT2D eigenvalue weighted by atomic mass is 35.5. The van der Waals surface area contributed by atoms with Crippen molar-refractivity contribution in [3.63, 3.8) is 0 Å². The average molecular weight is 484 g/mol. The Bertz CT molecular complexity index is 1010. The van der Waals surface area contributed by atoms with Gasteiger partial charge in [-0.1, -0.05) is 29.8 Å². The van der Waals surface area contributed by atoms with Crippen molar-refractivity contribution in [3.05, 3.63) is 77.5 Å². The summed E-state index contributed by atoms with van der Waals surface area (Å²) in [5, 5.41) is 6.62. The van der Waals surface area contributed by atoms with Crippen LogP contribution in [0.1, 0.15) is 24.6 Å². The van der Waals surface area contributed by atoms with Gasteiger partial charge in [0.25, 0.3) is 0 Å². The number of pyridine rings is 1. The molecule has 34 heavy (non-hydrogen) atoms. The van der Waals surface area contributed by atoms with Crippen LogP contribution in [0.3, 0.4) is 0 Å². The highest BCUT2D eigenvalue weighted by Gasteiger charge is 2.11. The molecule has 0 spiro atoms. The number of guanidine groups is 1. The van der Waals surface area contributed by atoms with Gasteiger partial charge in [0.2, 0.25) is 5.96 Å². The molecule has 0 radical (unpaired) electrons. The van der Waals surface area contributed by atoms with Crippen LogP contribution in [0.2, 0.25) is 5.02 Å². The van der Waals surface area contributed by atoms with Gasteiger partial charge >= 0.3 is 6.09 Å². The summed E-state index contributed by atoms with van der Waals surface area (Å²) in [6, 6.07) is 13.6. The molecule has 3 aromatic rings. The summed E-state index contributed by atoms with van der Waals surface area (Å²) in [5.41, 5.74) is 2.17. The first kappa shape index (κ1) is 25.0. The van der Waals surface area contributed by atoms with Crippen molar-refractivity contribution in [2.75, 3.05) is 31.1 Å². The Balaban J connectivity index is 1.59. The molecule has 3 N–H and O–H groups in total. The van der Waals surface area contributed by atoms with Gasteiger partial charge in [-0.15, -0.1) is 0 Å². The van der Waals surface area contributed by atoms with E-state index in [0.29, 0.717) is 37.2 Å². The van der Waals surface area contributed by atoms with Crippen molar-refractivity contribution in [1.29, 1.82) is 0 Å². The zero-order chi connectivity index (χ0) is 24.0. The molecule has 0 aliphatic carbocycles. The number of carbonyl (C=O) groups excluding carboxylic acids is 1. The fourth-order valence-corrected chi connectivity index (χ4v) is 3.35. The van der Waals surface area contributed by atoms with Crippen molar-refractivity contribution in [1.82, 2.24) is 25.6 Å². The minimum Gasteiger partial charge on any atom is -0.450 e. The van der Waals surface area contributed by atoms with Gasteiger partial charge in [-0.2, -0.15) is 0 Å². The van der Waals surface area contributed by atoms with E-state index in [-0.39, 0.29) is 6.61 Å². The largest absolute Gasteiger partial charge is 0.450 e. The van der Waals surface area contributed by atoms with Gasteiger partial charge in [0.05, 0.1) is 12.9 Å². The number of aliphatic imine (C=N–C) groups is 1. The molecule has 9 nitrogen and oxygen atoms in total. The van der Waals surface area contributed by atoms with E-state index in [4.69, 9.17) is 16.3 Å². The van der Waals surface area contributed by atoms with E-state index in [2.05, 4.69) is 35.5 Å². The maximum absolute atomic E-state index is 12.0. The molecule has 0 bridgehead atoms. The second-order valence-electron chi connectivity index (χ2n) is 7.42. The Kier molecular flexibility index (Phi) is 10.2. The first-order chi connectivity index (χ1) is 16.6. The number of carbonyl (C=O) groups is 1. The van der Waals surface area contributed by atoms with Crippen LogP contribution in [0.25, 0.3) is 0 Å². The van der Waals surface area contributed by atoms with Crippen molar-refractivity contribution in [2.45, 2.75) is 26.3 Å². The number of aryl methyl sites for hydroxylation is 1. The minimum atomic E-state index is -0.537. The third kappa shape index (κ3) is 8.74. The Morgan fingerprint density at radius 1 is 1.24 bits per heavy atom. The maximum atomic E-state index is 12.0. The number of imidazole rings is 1. The number of amides is 1. The quantitative estimate of drug-likeness (QED) is 0.217. The molecule has 0 aliphatic heterocycles. The van der Waals surface area contributed by atoms with Crippen molar-refractivity contribution < 1.29 is 9.53 Å². The van der Waals surface area contributed by atoms with E-state index < -0.39 is 6.09 Å². The molecular formula is C24H30ClN7O2. The van der Waals surface area contributed by atoms with Crippen LogP contribution in [-0.4, -0.2) is 53.2 Å². The summed E-state index contributed by atoms with van der Waals surface area (Å²) >= 11 is 6.03. The molecule has 10 heteroatoms. The number of H-pyrrole nitrogens is 1. The third-order valence-corrected chi connectivity index (χ3v) is 5.11. The van der Waals surface area contributed by atoms with Gasteiger partial charge < -0.3 is 19.9 Å². The topological polar surface area (TPSA) is 108 Å². The molecule has 0 unspecified atom stereocenters. The zero-order valence-electron chi connectivity index (χ0n) is 19.2. The molecule has 1 amide bonds. The lowest BCUT2D eigenvalue weighted by Gasteiger charge is -2.24. The van der Waals surface area contributed by atoms with E-state index in [1.807, 2.05) is 42.5 Å². The first-order valence-corrected chi connectivity index (χ1v) is 11.6. The van der Waals surface area contributed by atoms with Crippen molar-refractivity contribution in [2.24, 2.45) is 4.99 Å². The van der Waals surface area contributed by atoms with Gasteiger partial charge in [-0.05, 0) is 49.6 Å². The Labute approximate surface area is 204 Å². The molecule has 0 saturated heterocycles. The van der Waals surface area contributed by atoms with E-state index in [1.165, 1.54) is 0 Å². The third-order valence-electron chi connectivity index (χ3n) is 4.86. The second kappa shape index (κ2) is 13.8. The molecule has 3 rings (SSSR count). The van der Waals surface area contributed by atoms with Gasteiger partial charge in [0.1, 0.15) is 5.82 Å². The number of ether oxygens (including phenoxy) is 1. The predicted octanol–water partition coefficient (Wildman–Crippen LogP) is 3.79. The number of alkyl carbamates (subject to hydrolysis) is 1. The van der Waals surface area contributed by atoms with Gasteiger partial charge in [-0.3, -0.25) is 10.3 Å². The molecule has 2 aromatic heterocycles. The standard InChI is InChI=1S/C24H30ClN7O2/c1-2-34-24(33)31-23(28-13-5-6-21-16-26-18-30-21)29-14-15-32(22-7-3-4-12-27-22)17-19-8-10-20(25)11-9-19/h3-4,7-12,16,18H,2,5-6,13-15,17H2,1H3,(H,26,30)(H2,28,29,31,33). The molecule has 0 saturated carbocycles.